The number of aryl methyl sites for hydroxylation is 1. The summed E-state index contributed by atoms with van der Waals surface area (Å²) in [5.41, 5.74) is 1.22. The van der Waals surface area contributed by atoms with Gasteiger partial charge in [-0.3, -0.25) is 4.79 Å². The predicted molar refractivity (Wildman–Crippen MR) is 103 cm³/mol. The number of sulfonamides is 1. The van der Waals surface area contributed by atoms with Crippen LogP contribution >= 0.6 is 22.9 Å². The summed E-state index contributed by atoms with van der Waals surface area (Å²) in [5.74, 6) is -0.0766. The number of nitrogens with zero attached hydrogens (tertiary/aromatic N) is 1. The average molecular weight is 415 g/mol. The number of anilines is 1. The number of halogens is 1. The Kier molecular flexibility index (Phi) is 5.57. The van der Waals surface area contributed by atoms with Gasteiger partial charge in [-0.05, 0) is 42.8 Å². The molecule has 1 amide bonds. The maximum Gasteiger partial charge on any atom is 0.267 e. The number of carbonyl (C=O) groups is 1. The van der Waals surface area contributed by atoms with E-state index in [0.29, 0.717) is 29.5 Å². The molecule has 0 bridgehead atoms. The van der Waals surface area contributed by atoms with Gasteiger partial charge >= 0.3 is 0 Å². The molecule has 0 saturated carbocycles. The Morgan fingerprint density at radius 3 is 2.65 bits per heavy atom. The molecule has 26 heavy (non-hydrogen) atoms. The highest BCUT2D eigenvalue weighted by atomic mass is 35.5. The minimum absolute atomic E-state index is 0.0477. The highest BCUT2D eigenvalue weighted by Crippen LogP contribution is 2.33. The fourth-order valence-corrected chi connectivity index (χ4v) is 5.81. The number of amides is 1. The maximum absolute atomic E-state index is 12.8. The Morgan fingerprint density at radius 2 is 2.00 bits per heavy atom. The first-order chi connectivity index (χ1) is 12.3. The van der Waals surface area contributed by atoms with Crippen LogP contribution in [0.25, 0.3) is 0 Å². The summed E-state index contributed by atoms with van der Waals surface area (Å²) < 4.78 is 32.3. The van der Waals surface area contributed by atoms with Gasteiger partial charge in [0.1, 0.15) is 15.5 Å². The zero-order valence-electron chi connectivity index (χ0n) is 14.4. The number of ether oxygens (including phenoxy) is 1. The largest absolute Gasteiger partial charge is 0.495 e. The smallest absolute Gasteiger partial charge is 0.267 e. The number of benzene rings is 1. The second kappa shape index (κ2) is 7.56. The predicted octanol–water partition coefficient (Wildman–Crippen LogP) is 3.76. The molecular formula is C17H19ClN2O4S2. The van der Waals surface area contributed by atoms with E-state index in [1.165, 1.54) is 17.5 Å². The highest BCUT2D eigenvalue weighted by molar-refractivity contribution is 7.89. The third-order valence-electron chi connectivity index (χ3n) is 4.25. The molecule has 1 aliphatic rings. The molecule has 0 radical (unpaired) electrons. The molecule has 0 atom stereocenters. The van der Waals surface area contributed by atoms with Crippen molar-refractivity contribution in [2.75, 3.05) is 25.5 Å². The highest BCUT2D eigenvalue weighted by Gasteiger charge is 2.32. The van der Waals surface area contributed by atoms with Gasteiger partial charge in [0.2, 0.25) is 10.0 Å². The van der Waals surface area contributed by atoms with E-state index in [0.717, 1.165) is 29.7 Å². The summed E-state index contributed by atoms with van der Waals surface area (Å²) in [6, 6.07) is 4.79. The standard InChI is InChI=1S/C17H19ClN2O4S2/c1-11-9-13(14(24-2)10-12(11)18)19-17(21)16-15(5-8-25-16)26(22,23)20-6-3-4-7-20/h5,8-10H,3-4,6-7H2,1-2H3,(H,19,21). The zero-order valence-corrected chi connectivity index (χ0v) is 16.8. The fourth-order valence-electron chi connectivity index (χ4n) is 2.84. The molecule has 1 aliphatic heterocycles. The zero-order chi connectivity index (χ0) is 18.9. The van der Waals surface area contributed by atoms with E-state index >= 15 is 0 Å². The Labute approximate surface area is 161 Å². The van der Waals surface area contributed by atoms with Gasteiger partial charge in [-0.2, -0.15) is 4.31 Å². The SMILES string of the molecule is COc1cc(Cl)c(C)cc1NC(=O)c1sccc1S(=O)(=O)N1CCCC1. The van der Waals surface area contributed by atoms with Crippen molar-refractivity contribution >= 4 is 44.6 Å². The lowest BCUT2D eigenvalue weighted by Crippen LogP contribution is -2.29. The first kappa shape index (κ1) is 19.2. The second-order valence-electron chi connectivity index (χ2n) is 5.98. The molecular weight excluding hydrogens is 396 g/mol. The van der Waals surface area contributed by atoms with Gasteiger partial charge in [0.15, 0.2) is 0 Å². The molecule has 0 spiro atoms. The molecule has 0 aliphatic carbocycles. The van der Waals surface area contributed by atoms with Crippen molar-refractivity contribution in [3.05, 3.63) is 39.0 Å². The van der Waals surface area contributed by atoms with Gasteiger partial charge in [0, 0.05) is 24.2 Å². The summed E-state index contributed by atoms with van der Waals surface area (Å²) in [6.45, 7) is 2.79. The number of hydrogen-bond acceptors (Lipinski definition) is 5. The monoisotopic (exact) mass is 414 g/mol. The Morgan fingerprint density at radius 1 is 1.31 bits per heavy atom. The Balaban J connectivity index is 1.91. The van der Waals surface area contributed by atoms with Crippen molar-refractivity contribution in [1.82, 2.24) is 4.31 Å². The third kappa shape index (κ3) is 3.59. The number of rotatable bonds is 5. The Hall–Kier alpha value is -1.61. The van der Waals surface area contributed by atoms with Gasteiger partial charge in [0.25, 0.3) is 5.91 Å². The molecule has 2 heterocycles. The number of nitrogens with one attached hydrogen (secondary N) is 1. The van der Waals surface area contributed by atoms with Crippen LogP contribution in [0.3, 0.4) is 0 Å². The minimum Gasteiger partial charge on any atom is -0.495 e. The fraction of sp³-hybridized carbons (Fsp3) is 0.353. The number of methoxy groups -OCH3 is 1. The lowest BCUT2D eigenvalue weighted by molar-refractivity contribution is 0.102. The van der Waals surface area contributed by atoms with Crippen LogP contribution in [0.15, 0.2) is 28.5 Å². The topological polar surface area (TPSA) is 75.7 Å². The van der Waals surface area contributed by atoms with Gasteiger partial charge < -0.3 is 10.1 Å². The molecule has 0 unspecified atom stereocenters. The van der Waals surface area contributed by atoms with E-state index in [1.807, 2.05) is 6.92 Å². The van der Waals surface area contributed by atoms with E-state index in [-0.39, 0.29) is 9.77 Å². The van der Waals surface area contributed by atoms with Crippen LogP contribution in [0.2, 0.25) is 5.02 Å². The molecule has 1 N–H and O–H groups in total. The first-order valence-electron chi connectivity index (χ1n) is 8.07. The average Bonchev–Trinajstić information content (AvgIpc) is 3.29. The van der Waals surface area contributed by atoms with Crippen molar-refractivity contribution < 1.29 is 17.9 Å². The van der Waals surface area contributed by atoms with Crippen molar-refractivity contribution in [1.29, 1.82) is 0 Å². The summed E-state index contributed by atoms with van der Waals surface area (Å²) in [6.07, 6.45) is 1.68. The van der Waals surface area contributed by atoms with Crippen molar-refractivity contribution in [3.8, 4) is 5.75 Å². The van der Waals surface area contributed by atoms with Gasteiger partial charge in [-0.25, -0.2) is 8.42 Å². The van der Waals surface area contributed by atoms with Crippen LogP contribution in [0.1, 0.15) is 28.1 Å². The molecule has 1 aromatic heterocycles. The van der Waals surface area contributed by atoms with Crippen LogP contribution in [-0.2, 0) is 10.0 Å². The lowest BCUT2D eigenvalue weighted by atomic mass is 10.2. The van der Waals surface area contributed by atoms with E-state index in [1.54, 1.807) is 17.5 Å². The van der Waals surface area contributed by atoms with Crippen molar-refractivity contribution in [2.45, 2.75) is 24.7 Å². The lowest BCUT2D eigenvalue weighted by Gasteiger charge is -2.16. The molecule has 1 fully saturated rings. The third-order valence-corrected chi connectivity index (χ3v) is 7.64. The van der Waals surface area contributed by atoms with Gasteiger partial charge in [-0.1, -0.05) is 11.6 Å². The summed E-state index contributed by atoms with van der Waals surface area (Å²) in [5, 5.41) is 4.87. The van der Waals surface area contributed by atoms with E-state index in [4.69, 9.17) is 16.3 Å². The molecule has 6 nitrogen and oxygen atoms in total. The van der Waals surface area contributed by atoms with E-state index < -0.39 is 15.9 Å². The van der Waals surface area contributed by atoms with Crippen LogP contribution < -0.4 is 10.1 Å². The maximum atomic E-state index is 12.8. The quantitative estimate of drug-likeness (QED) is 0.808. The molecule has 2 aromatic rings. The van der Waals surface area contributed by atoms with Gasteiger partial charge in [-0.15, -0.1) is 11.3 Å². The van der Waals surface area contributed by atoms with Crippen molar-refractivity contribution in [3.63, 3.8) is 0 Å². The summed E-state index contributed by atoms with van der Waals surface area (Å²) >= 11 is 7.18. The normalized spacial score (nSPS) is 15.2. The van der Waals surface area contributed by atoms with E-state index in [9.17, 15) is 13.2 Å². The number of carbonyl (C=O) groups excluding carboxylic acids is 1. The van der Waals surface area contributed by atoms with Gasteiger partial charge in [0.05, 0.1) is 12.8 Å². The van der Waals surface area contributed by atoms with E-state index in [2.05, 4.69) is 5.32 Å². The number of thiophene rings is 1. The van der Waals surface area contributed by atoms with Crippen LogP contribution in [0.4, 0.5) is 5.69 Å². The van der Waals surface area contributed by atoms with Crippen LogP contribution in [0.5, 0.6) is 5.75 Å². The summed E-state index contributed by atoms with van der Waals surface area (Å²) in [7, 11) is -2.19. The molecule has 9 heteroatoms. The van der Waals surface area contributed by atoms with Crippen LogP contribution in [0, 0.1) is 6.92 Å². The van der Waals surface area contributed by atoms with Crippen LogP contribution in [-0.4, -0.2) is 38.8 Å². The van der Waals surface area contributed by atoms with Crippen molar-refractivity contribution in [2.24, 2.45) is 0 Å². The minimum atomic E-state index is -3.66. The molecule has 140 valence electrons. The second-order valence-corrected chi connectivity index (χ2v) is 9.21. The Bertz CT molecular complexity index is 934. The number of hydrogen-bond donors (Lipinski definition) is 1. The molecule has 3 rings (SSSR count). The molecule has 1 saturated heterocycles. The molecule has 1 aromatic carbocycles. The summed E-state index contributed by atoms with van der Waals surface area (Å²) in [4.78, 5) is 13.0. The first-order valence-corrected chi connectivity index (χ1v) is 10.8.